The molecule has 1 aliphatic heterocycles. The Hall–Kier alpha value is -2.95. The normalized spacial score (nSPS) is 13.0. The first-order valence-corrected chi connectivity index (χ1v) is 7.96. The van der Waals surface area contributed by atoms with Crippen molar-refractivity contribution in [1.29, 1.82) is 0 Å². The second-order valence-electron chi connectivity index (χ2n) is 5.75. The third kappa shape index (κ3) is 2.93. The van der Waals surface area contributed by atoms with E-state index in [0.29, 0.717) is 12.5 Å². The minimum Gasteiger partial charge on any atom is -0.350 e. The van der Waals surface area contributed by atoms with Crippen molar-refractivity contribution >= 4 is 17.5 Å². The number of hydrogen-bond acceptors (Lipinski definition) is 4. The predicted octanol–water partition coefficient (Wildman–Crippen LogP) is 3.92. The van der Waals surface area contributed by atoms with Crippen LogP contribution < -0.4 is 10.2 Å². The maximum atomic E-state index is 12.9. The molecule has 0 amide bonds. The molecule has 5 heteroatoms. The molecule has 0 bridgehead atoms. The highest BCUT2D eigenvalue weighted by molar-refractivity contribution is 5.67. The summed E-state index contributed by atoms with van der Waals surface area (Å²) in [5.74, 6) is 1.22. The molecule has 2 heterocycles. The fourth-order valence-corrected chi connectivity index (χ4v) is 2.94. The Morgan fingerprint density at radius 2 is 1.88 bits per heavy atom. The molecule has 0 saturated carbocycles. The van der Waals surface area contributed by atoms with E-state index >= 15 is 0 Å². The fraction of sp³-hybridized carbons (Fsp3) is 0.158. The molecule has 0 spiro atoms. The molecule has 1 N–H and O–H groups in total. The van der Waals surface area contributed by atoms with Gasteiger partial charge in [-0.05, 0) is 41.8 Å². The van der Waals surface area contributed by atoms with Gasteiger partial charge in [0.05, 0.1) is 0 Å². The molecule has 0 radical (unpaired) electrons. The summed E-state index contributed by atoms with van der Waals surface area (Å²) in [6.07, 6.45) is 2.79. The highest BCUT2D eigenvalue weighted by Crippen LogP contribution is 2.33. The number of nitrogens with one attached hydrogen (secondary N) is 1. The van der Waals surface area contributed by atoms with Gasteiger partial charge in [-0.3, -0.25) is 0 Å². The summed E-state index contributed by atoms with van der Waals surface area (Å²) in [5, 5.41) is 3.20. The molecule has 3 aromatic rings. The zero-order chi connectivity index (χ0) is 16.4. The van der Waals surface area contributed by atoms with Gasteiger partial charge in [0.1, 0.15) is 11.6 Å². The number of para-hydroxylation sites is 1. The van der Waals surface area contributed by atoms with E-state index in [4.69, 9.17) is 0 Å². The number of halogens is 1. The molecule has 1 aromatic heterocycles. The Morgan fingerprint density at radius 3 is 2.75 bits per heavy atom. The number of anilines is 3. The highest BCUT2D eigenvalue weighted by atomic mass is 19.1. The molecule has 24 heavy (non-hydrogen) atoms. The Morgan fingerprint density at radius 1 is 1.04 bits per heavy atom. The van der Waals surface area contributed by atoms with E-state index in [2.05, 4.69) is 38.4 Å². The highest BCUT2D eigenvalue weighted by Gasteiger charge is 2.20. The molecular formula is C19H17FN4. The Balaban J connectivity index is 1.51. The van der Waals surface area contributed by atoms with E-state index in [1.165, 1.54) is 23.4 Å². The van der Waals surface area contributed by atoms with Crippen LogP contribution in [0.25, 0.3) is 0 Å². The predicted molar refractivity (Wildman–Crippen MR) is 92.9 cm³/mol. The van der Waals surface area contributed by atoms with Gasteiger partial charge in [-0.1, -0.05) is 30.3 Å². The molecule has 4 nitrogen and oxygen atoms in total. The van der Waals surface area contributed by atoms with Crippen molar-refractivity contribution in [3.63, 3.8) is 0 Å². The molecule has 0 fully saturated rings. The number of fused-ring (bicyclic) bond motifs is 1. The van der Waals surface area contributed by atoms with Gasteiger partial charge in [0.25, 0.3) is 0 Å². The zero-order valence-electron chi connectivity index (χ0n) is 13.1. The second kappa shape index (κ2) is 6.28. The lowest BCUT2D eigenvalue weighted by Crippen LogP contribution is -2.16. The number of aromatic nitrogens is 2. The van der Waals surface area contributed by atoms with E-state index in [0.717, 1.165) is 24.3 Å². The van der Waals surface area contributed by atoms with E-state index in [-0.39, 0.29) is 5.82 Å². The third-order valence-electron chi connectivity index (χ3n) is 4.17. The Kier molecular flexibility index (Phi) is 3.83. The molecule has 0 unspecified atom stereocenters. The summed E-state index contributed by atoms with van der Waals surface area (Å²) in [5.41, 5.74) is 3.54. The van der Waals surface area contributed by atoms with Crippen LogP contribution in [0.4, 0.5) is 21.8 Å². The van der Waals surface area contributed by atoms with Gasteiger partial charge in [0, 0.05) is 25.0 Å². The van der Waals surface area contributed by atoms with Crippen LogP contribution in [0.3, 0.4) is 0 Å². The molecule has 1 aliphatic rings. The van der Waals surface area contributed by atoms with Crippen LogP contribution in [0.15, 0.2) is 60.8 Å². The summed E-state index contributed by atoms with van der Waals surface area (Å²) in [4.78, 5) is 11.1. The van der Waals surface area contributed by atoms with Crippen molar-refractivity contribution in [1.82, 2.24) is 9.97 Å². The first-order valence-electron chi connectivity index (χ1n) is 7.96. The van der Waals surface area contributed by atoms with Crippen molar-refractivity contribution in [2.75, 3.05) is 16.8 Å². The minimum atomic E-state index is -0.232. The summed E-state index contributed by atoms with van der Waals surface area (Å²) >= 11 is 0. The maximum Gasteiger partial charge on any atom is 0.224 e. The number of benzene rings is 2. The Labute approximate surface area is 140 Å². The van der Waals surface area contributed by atoms with E-state index in [9.17, 15) is 4.39 Å². The van der Waals surface area contributed by atoms with Gasteiger partial charge in [-0.15, -0.1) is 0 Å². The lowest BCUT2D eigenvalue weighted by molar-refractivity contribution is 0.627. The number of nitrogens with zero attached hydrogens (tertiary/aromatic N) is 3. The number of rotatable bonds is 4. The van der Waals surface area contributed by atoms with Gasteiger partial charge in [-0.2, -0.15) is 4.98 Å². The second-order valence-corrected chi connectivity index (χ2v) is 5.75. The van der Waals surface area contributed by atoms with E-state index in [1.54, 1.807) is 18.3 Å². The molecule has 0 aliphatic carbocycles. The van der Waals surface area contributed by atoms with Crippen LogP contribution >= 0.6 is 0 Å². The minimum absolute atomic E-state index is 0.232. The molecule has 2 aromatic carbocycles. The fourth-order valence-electron chi connectivity index (χ4n) is 2.94. The van der Waals surface area contributed by atoms with Crippen molar-refractivity contribution in [2.45, 2.75) is 13.0 Å². The van der Waals surface area contributed by atoms with Crippen LogP contribution in [0, 0.1) is 5.82 Å². The zero-order valence-corrected chi connectivity index (χ0v) is 13.1. The molecule has 120 valence electrons. The Bertz CT molecular complexity index is 848. The standard InChI is InChI=1S/C19H17FN4/c20-16-7-5-14(6-8-16)13-22-19-21-11-9-18(23-19)24-12-10-15-3-1-2-4-17(15)24/h1-9,11H,10,12-13H2,(H,21,22,23). The van der Waals surface area contributed by atoms with Crippen LogP contribution in [0.2, 0.25) is 0 Å². The topological polar surface area (TPSA) is 41.1 Å². The first kappa shape index (κ1) is 14.6. The van der Waals surface area contributed by atoms with Gasteiger partial charge in [0.15, 0.2) is 0 Å². The lowest BCUT2D eigenvalue weighted by Gasteiger charge is -2.18. The van der Waals surface area contributed by atoms with Crippen molar-refractivity contribution in [3.05, 3.63) is 77.7 Å². The van der Waals surface area contributed by atoms with Crippen LogP contribution in [-0.4, -0.2) is 16.5 Å². The van der Waals surface area contributed by atoms with Gasteiger partial charge >= 0.3 is 0 Å². The summed E-state index contributed by atoms with van der Waals surface area (Å²) in [6, 6.07) is 16.7. The smallest absolute Gasteiger partial charge is 0.224 e. The van der Waals surface area contributed by atoms with E-state index < -0.39 is 0 Å². The van der Waals surface area contributed by atoms with Crippen LogP contribution in [-0.2, 0) is 13.0 Å². The average molecular weight is 320 g/mol. The first-order chi connectivity index (χ1) is 11.8. The molecule has 0 saturated heterocycles. The summed E-state index contributed by atoms with van der Waals surface area (Å²) in [6.45, 7) is 1.48. The molecular weight excluding hydrogens is 303 g/mol. The van der Waals surface area contributed by atoms with Gasteiger partial charge in [-0.25, -0.2) is 9.37 Å². The SMILES string of the molecule is Fc1ccc(CNc2nccc(N3CCc4ccccc43)n2)cc1. The monoisotopic (exact) mass is 320 g/mol. The van der Waals surface area contributed by atoms with Crippen LogP contribution in [0.5, 0.6) is 0 Å². The lowest BCUT2D eigenvalue weighted by atomic mass is 10.2. The quantitative estimate of drug-likeness (QED) is 0.791. The van der Waals surface area contributed by atoms with E-state index in [1.807, 2.05) is 12.1 Å². The third-order valence-corrected chi connectivity index (χ3v) is 4.17. The van der Waals surface area contributed by atoms with Crippen molar-refractivity contribution in [3.8, 4) is 0 Å². The van der Waals surface area contributed by atoms with Crippen molar-refractivity contribution < 1.29 is 4.39 Å². The summed E-state index contributed by atoms with van der Waals surface area (Å²) < 4.78 is 12.9. The molecule has 4 rings (SSSR count). The summed E-state index contributed by atoms with van der Waals surface area (Å²) in [7, 11) is 0. The largest absolute Gasteiger partial charge is 0.350 e. The van der Waals surface area contributed by atoms with Crippen molar-refractivity contribution in [2.24, 2.45) is 0 Å². The average Bonchev–Trinajstić information content (AvgIpc) is 3.06. The molecule has 0 atom stereocenters. The number of hydrogen-bond donors (Lipinski definition) is 1. The van der Waals surface area contributed by atoms with Gasteiger partial charge < -0.3 is 10.2 Å². The maximum absolute atomic E-state index is 12.9. The van der Waals surface area contributed by atoms with Crippen LogP contribution in [0.1, 0.15) is 11.1 Å². The van der Waals surface area contributed by atoms with Gasteiger partial charge in [0.2, 0.25) is 5.95 Å².